The summed E-state index contributed by atoms with van der Waals surface area (Å²) in [4.78, 5) is 0. The third-order valence-electron chi connectivity index (χ3n) is 0.687. The zero-order chi connectivity index (χ0) is 11.1. The van der Waals surface area contributed by atoms with Crippen molar-refractivity contribution in [3.05, 3.63) is 0 Å². The van der Waals surface area contributed by atoms with Gasteiger partial charge < -0.3 is 0 Å². The fourth-order valence-electron chi connectivity index (χ4n) is 0.201. The van der Waals surface area contributed by atoms with E-state index in [0.29, 0.717) is 0 Å². The molecule has 0 aliphatic carbocycles. The first-order chi connectivity index (χ1) is 6.91. The lowest BCUT2D eigenvalue weighted by Gasteiger charge is -2.04. The first-order valence-electron chi connectivity index (χ1n) is 4.56. The number of hydrogen-bond acceptors (Lipinski definition) is 6. The molecule has 0 unspecified atom stereocenters. The van der Waals surface area contributed by atoms with E-state index in [1.54, 1.807) is 0 Å². The Labute approximate surface area is 113 Å². The number of rotatable bonds is 2. The highest BCUT2D eigenvalue weighted by atomic mass is 33.2. The van der Waals surface area contributed by atoms with Crippen molar-refractivity contribution in [3.8, 4) is 0 Å². The molecular formula is C8H20S6. The van der Waals surface area contributed by atoms with Gasteiger partial charge in [-0.3, -0.25) is 0 Å². The Morgan fingerprint density at radius 3 is 1.36 bits per heavy atom. The van der Waals surface area contributed by atoms with Crippen molar-refractivity contribution in [1.29, 1.82) is 0 Å². The molecule has 2 aliphatic heterocycles. The monoisotopic (exact) mass is 308 g/mol. The van der Waals surface area contributed by atoms with Gasteiger partial charge in [-0.1, -0.05) is 85.5 Å². The number of hydrogen-bond donors (Lipinski definition) is 0. The minimum Gasteiger partial charge on any atom is -0.0976 e. The van der Waals surface area contributed by atoms with Gasteiger partial charge in [0.1, 0.15) is 0 Å². The fraction of sp³-hybridized carbons (Fsp3) is 1.00. The van der Waals surface area contributed by atoms with Gasteiger partial charge in [0, 0.05) is 17.3 Å². The summed E-state index contributed by atoms with van der Waals surface area (Å²) in [6.45, 7) is 6.15. The normalized spacial score (nSPS) is 15.4. The highest BCUT2D eigenvalue weighted by Gasteiger charge is 1.97. The Morgan fingerprint density at radius 1 is 1.00 bits per heavy atom. The minimum atomic E-state index is 1.22. The minimum absolute atomic E-state index is 1.22. The lowest BCUT2D eigenvalue weighted by molar-refractivity contribution is 1.50. The second kappa shape index (κ2) is 20.5. The lowest BCUT2D eigenvalue weighted by Crippen LogP contribution is -1.86. The van der Waals surface area contributed by atoms with E-state index in [1.807, 2.05) is 78.6 Å². The van der Waals surface area contributed by atoms with Crippen LogP contribution in [0, 0.1) is 0 Å². The van der Waals surface area contributed by atoms with E-state index in [-0.39, 0.29) is 0 Å². The van der Waals surface area contributed by atoms with Crippen LogP contribution in [0.1, 0.15) is 20.8 Å². The molecule has 0 nitrogen and oxygen atoms in total. The Bertz CT molecular complexity index is 65.5. The van der Waals surface area contributed by atoms with Crippen LogP contribution in [0.5, 0.6) is 0 Å². The third-order valence-corrected chi connectivity index (χ3v) is 6.18. The lowest BCUT2D eigenvalue weighted by atomic mass is 11.0. The summed E-state index contributed by atoms with van der Waals surface area (Å²) in [7, 11) is 11.4. The van der Waals surface area contributed by atoms with Crippen LogP contribution in [0.2, 0.25) is 0 Å². The maximum atomic E-state index is 2.15. The summed E-state index contributed by atoms with van der Waals surface area (Å²) in [5.41, 5.74) is 0. The molecule has 0 aromatic rings. The van der Waals surface area contributed by atoms with Gasteiger partial charge in [-0.25, -0.2) is 0 Å². The molecule has 0 aromatic heterocycles. The van der Waals surface area contributed by atoms with Crippen LogP contribution in [-0.2, 0) is 0 Å². The summed E-state index contributed by atoms with van der Waals surface area (Å²) in [5, 5.41) is 1.33. The molecule has 6 heteroatoms. The molecule has 0 bridgehead atoms. The summed E-state index contributed by atoms with van der Waals surface area (Å²) in [6.07, 6.45) is 2.09. The maximum Gasteiger partial charge on any atom is 0.0600 e. The first-order valence-corrected chi connectivity index (χ1v) is 12.3. The Morgan fingerprint density at radius 2 is 1.36 bits per heavy atom. The van der Waals surface area contributed by atoms with Crippen molar-refractivity contribution in [3.63, 3.8) is 0 Å². The zero-order valence-corrected chi connectivity index (χ0v) is 14.2. The second-order valence-electron chi connectivity index (χ2n) is 1.57. The van der Waals surface area contributed by atoms with Crippen LogP contribution in [0.15, 0.2) is 0 Å². The first kappa shape index (κ1) is 18.5. The van der Waals surface area contributed by atoms with Crippen LogP contribution < -0.4 is 0 Å². The molecule has 2 fully saturated rings. The van der Waals surface area contributed by atoms with Crippen molar-refractivity contribution in [2.24, 2.45) is 0 Å². The molecule has 0 aromatic carbocycles. The molecule has 2 saturated heterocycles. The molecule has 0 atom stereocenters. The van der Waals surface area contributed by atoms with Gasteiger partial charge in [-0.2, -0.15) is 0 Å². The zero-order valence-electron chi connectivity index (χ0n) is 9.28. The summed E-state index contributed by atoms with van der Waals surface area (Å²) < 4.78 is 0. The largest absolute Gasteiger partial charge is 0.0976 e. The van der Waals surface area contributed by atoms with E-state index in [1.165, 1.54) is 22.3 Å². The van der Waals surface area contributed by atoms with Crippen molar-refractivity contribution in [2.45, 2.75) is 20.8 Å². The summed E-state index contributed by atoms with van der Waals surface area (Å²) in [6, 6.07) is 0. The fourth-order valence-corrected chi connectivity index (χ4v) is 1.81. The van der Waals surface area contributed by atoms with Gasteiger partial charge in [0.2, 0.25) is 0 Å². The van der Waals surface area contributed by atoms with E-state index in [0.717, 1.165) is 0 Å². The van der Waals surface area contributed by atoms with E-state index in [9.17, 15) is 0 Å². The predicted molar refractivity (Wildman–Crippen MR) is 88.0 cm³/mol. The quantitative estimate of drug-likeness (QED) is 0.466. The van der Waals surface area contributed by atoms with Gasteiger partial charge in [0.05, 0.1) is 5.08 Å². The molecule has 14 heavy (non-hydrogen) atoms. The summed E-state index contributed by atoms with van der Waals surface area (Å²) >= 11 is 0. The third kappa shape index (κ3) is 29.2. The standard InChI is InChI=1S/C3H8S2.C2H4S2.C2H6.CH2S2/c1-3-5-4-2;1-2-4-3-1;1-2;1-2-3-1/h3H2,1-2H3;1-2H2;1-2H3;1H2. The molecular weight excluding hydrogens is 288 g/mol. The van der Waals surface area contributed by atoms with Gasteiger partial charge in [-0.15, -0.1) is 0 Å². The average Bonchev–Trinajstić information content (AvgIpc) is 2.92. The molecule has 88 valence electrons. The molecule has 2 aliphatic rings. The van der Waals surface area contributed by atoms with Crippen LogP contribution in [-0.4, -0.2) is 28.6 Å². The molecule has 2 heterocycles. The Balaban J connectivity index is 0. The molecule has 0 amide bonds. The summed E-state index contributed by atoms with van der Waals surface area (Å²) in [5.74, 6) is 3.98. The van der Waals surface area contributed by atoms with Crippen LogP contribution >= 0.6 is 64.8 Å². The van der Waals surface area contributed by atoms with Crippen molar-refractivity contribution in [1.82, 2.24) is 0 Å². The van der Waals surface area contributed by atoms with Gasteiger partial charge >= 0.3 is 0 Å². The van der Waals surface area contributed by atoms with E-state index in [4.69, 9.17) is 0 Å². The molecule has 0 N–H and O–H groups in total. The predicted octanol–water partition coefficient (Wildman–Crippen LogP) is 5.76. The van der Waals surface area contributed by atoms with Crippen LogP contribution in [0.25, 0.3) is 0 Å². The smallest absolute Gasteiger partial charge is 0.0600 e. The Hall–Kier alpha value is 2.10. The Kier molecular flexibility index (Phi) is 27.0. The van der Waals surface area contributed by atoms with Crippen molar-refractivity contribution >= 4 is 64.8 Å². The molecule has 0 radical (unpaired) electrons. The van der Waals surface area contributed by atoms with Gasteiger partial charge in [0.15, 0.2) is 0 Å². The molecule has 2 rings (SSSR count). The van der Waals surface area contributed by atoms with E-state index < -0.39 is 0 Å². The average molecular weight is 309 g/mol. The van der Waals surface area contributed by atoms with Gasteiger partial charge in [-0.05, 0) is 6.26 Å². The van der Waals surface area contributed by atoms with Crippen molar-refractivity contribution in [2.75, 3.05) is 28.6 Å². The maximum absolute atomic E-state index is 2.15. The SMILES string of the molecule is C1CSS1.C1SS1.CC.CCSSC. The van der Waals surface area contributed by atoms with E-state index in [2.05, 4.69) is 13.2 Å². The second-order valence-corrected chi connectivity index (χ2v) is 9.95. The molecule has 0 spiro atoms. The molecule has 0 saturated carbocycles. The van der Waals surface area contributed by atoms with E-state index >= 15 is 0 Å². The topological polar surface area (TPSA) is 0 Å². The van der Waals surface area contributed by atoms with Crippen molar-refractivity contribution < 1.29 is 0 Å². The highest BCUT2D eigenvalue weighted by molar-refractivity contribution is 8.92. The highest BCUT2D eigenvalue weighted by Crippen LogP contribution is 2.41. The van der Waals surface area contributed by atoms with Crippen LogP contribution in [0.4, 0.5) is 0 Å². The van der Waals surface area contributed by atoms with Crippen LogP contribution in [0.3, 0.4) is 0 Å². The van der Waals surface area contributed by atoms with Gasteiger partial charge in [0.25, 0.3) is 0 Å².